The summed E-state index contributed by atoms with van der Waals surface area (Å²) in [4.78, 5) is 16.5. The molecule has 4 aromatic rings. The average Bonchev–Trinajstić information content (AvgIpc) is 3.38. The first-order chi connectivity index (χ1) is 14.1. The predicted molar refractivity (Wildman–Crippen MR) is 110 cm³/mol. The van der Waals surface area contributed by atoms with Gasteiger partial charge in [-0.05, 0) is 43.3 Å². The van der Waals surface area contributed by atoms with Crippen LogP contribution in [0.5, 0.6) is 0 Å². The summed E-state index contributed by atoms with van der Waals surface area (Å²) < 4.78 is 18.7. The molecule has 2 aromatic heterocycles. The van der Waals surface area contributed by atoms with E-state index < -0.39 is 0 Å². The third-order valence-corrected chi connectivity index (χ3v) is 5.86. The monoisotopic (exact) mass is 426 g/mol. The number of halogens is 1. The summed E-state index contributed by atoms with van der Waals surface area (Å²) in [5.74, 6) is 0.431. The van der Waals surface area contributed by atoms with E-state index in [2.05, 4.69) is 20.5 Å². The van der Waals surface area contributed by atoms with Crippen LogP contribution in [0.4, 0.5) is 10.1 Å². The van der Waals surface area contributed by atoms with Gasteiger partial charge in [0.25, 0.3) is 11.1 Å². The molecule has 0 fully saturated rings. The third-order valence-electron chi connectivity index (χ3n) is 3.90. The molecule has 0 spiro atoms. The van der Waals surface area contributed by atoms with E-state index in [1.165, 1.54) is 35.2 Å². The lowest BCUT2D eigenvalue weighted by Crippen LogP contribution is -2.11. The van der Waals surface area contributed by atoms with E-state index in [9.17, 15) is 9.18 Å². The number of nitrogens with one attached hydrogen (secondary N) is 1. The number of carbonyl (C=O) groups excluding carboxylic acids is 1. The molecule has 0 radical (unpaired) electrons. The average molecular weight is 426 g/mol. The SMILES string of the molecule is Cc1ccc(NC(=O)c2nnc(CSc3ncc(-c4ccc(F)cc4)o3)s2)cc1. The number of hydrogen-bond acceptors (Lipinski definition) is 7. The van der Waals surface area contributed by atoms with Crippen molar-refractivity contribution < 1.29 is 13.6 Å². The highest BCUT2D eigenvalue weighted by Crippen LogP contribution is 2.28. The van der Waals surface area contributed by atoms with Crippen LogP contribution in [0.3, 0.4) is 0 Å². The quantitative estimate of drug-likeness (QED) is 0.428. The van der Waals surface area contributed by atoms with Gasteiger partial charge in [-0.25, -0.2) is 9.37 Å². The minimum absolute atomic E-state index is 0.292. The van der Waals surface area contributed by atoms with Gasteiger partial charge in [0.1, 0.15) is 10.8 Å². The standard InChI is InChI=1S/C20H15FN4O2S2/c1-12-2-8-15(9-3-12)23-18(26)19-25-24-17(29-19)11-28-20-22-10-16(27-20)13-4-6-14(21)7-5-13/h2-10H,11H2,1H3,(H,23,26). The highest BCUT2D eigenvalue weighted by molar-refractivity contribution is 7.98. The first-order valence-corrected chi connectivity index (χ1v) is 10.4. The van der Waals surface area contributed by atoms with Crippen LogP contribution in [0.2, 0.25) is 0 Å². The number of amides is 1. The maximum Gasteiger partial charge on any atom is 0.286 e. The van der Waals surface area contributed by atoms with E-state index in [1.54, 1.807) is 18.3 Å². The van der Waals surface area contributed by atoms with Gasteiger partial charge in [0.05, 0.1) is 11.9 Å². The summed E-state index contributed by atoms with van der Waals surface area (Å²) in [6.07, 6.45) is 1.59. The van der Waals surface area contributed by atoms with Crippen molar-refractivity contribution in [1.82, 2.24) is 15.2 Å². The first kappa shape index (κ1) is 19.3. The van der Waals surface area contributed by atoms with Crippen LogP contribution in [0.1, 0.15) is 20.4 Å². The fourth-order valence-corrected chi connectivity index (χ4v) is 3.94. The van der Waals surface area contributed by atoms with E-state index in [0.717, 1.165) is 11.1 Å². The van der Waals surface area contributed by atoms with Gasteiger partial charge >= 0.3 is 0 Å². The van der Waals surface area contributed by atoms with Crippen molar-refractivity contribution in [3.63, 3.8) is 0 Å². The number of thioether (sulfide) groups is 1. The lowest BCUT2D eigenvalue weighted by Gasteiger charge is -2.02. The Hall–Kier alpha value is -3.04. The summed E-state index contributed by atoms with van der Waals surface area (Å²) >= 11 is 2.57. The molecule has 1 amide bonds. The molecule has 2 aromatic carbocycles. The molecule has 0 aliphatic rings. The number of anilines is 1. The minimum Gasteiger partial charge on any atom is -0.431 e. The van der Waals surface area contributed by atoms with Crippen molar-refractivity contribution in [2.75, 3.05) is 5.32 Å². The van der Waals surface area contributed by atoms with Crippen molar-refractivity contribution in [2.45, 2.75) is 17.9 Å². The molecule has 0 saturated carbocycles. The van der Waals surface area contributed by atoms with E-state index >= 15 is 0 Å². The van der Waals surface area contributed by atoms with Gasteiger partial charge in [-0.15, -0.1) is 10.2 Å². The summed E-state index contributed by atoms with van der Waals surface area (Å²) in [5.41, 5.74) is 2.57. The van der Waals surface area contributed by atoms with Crippen LogP contribution >= 0.6 is 23.1 Å². The van der Waals surface area contributed by atoms with Crippen LogP contribution in [0, 0.1) is 12.7 Å². The van der Waals surface area contributed by atoms with Gasteiger partial charge in [-0.1, -0.05) is 40.8 Å². The Morgan fingerprint density at radius 1 is 1.14 bits per heavy atom. The van der Waals surface area contributed by atoms with Gasteiger partial charge in [-0.3, -0.25) is 4.79 Å². The van der Waals surface area contributed by atoms with Gasteiger partial charge in [-0.2, -0.15) is 0 Å². The number of oxazole rings is 1. The van der Waals surface area contributed by atoms with Crippen LogP contribution < -0.4 is 5.32 Å². The number of benzene rings is 2. The summed E-state index contributed by atoms with van der Waals surface area (Å²) in [7, 11) is 0. The lowest BCUT2D eigenvalue weighted by molar-refractivity contribution is 0.102. The maximum absolute atomic E-state index is 13.0. The maximum atomic E-state index is 13.0. The number of rotatable bonds is 6. The molecule has 0 unspecified atom stereocenters. The van der Waals surface area contributed by atoms with Crippen molar-refractivity contribution >= 4 is 34.7 Å². The lowest BCUT2D eigenvalue weighted by atomic mass is 10.2. The number of carbonyl (C=O) groups is 1. The fraction of sp³-hybridized carbons (Fsp3) is 0.100. The van der Waals surface area contributed by atoms with Crippen LogP contribution in [0.25, 0.3) is 11.3 Å². The predicted octanol–water partition coefficient (Wildman–Crippen LogP) is 5.19. The minimum atomic E-state index is -0.304. The molecule has 146 valence electrons. The summed E-state index contributed by atoms with van der Waals surface area (Å²) in [5, 5.41) is 12.3. The topological polar surface area (TPSA) is 80.9 Å². The first-order valence-electron chi connectivity index (χ1n) is 8.62. The van der Waals surface area contributed by atoms with Crippen LogP contribution in [-0.4, -0.2) is 21.1 Å². The Labute approximate surface area is 174 Å². The Morgan fingerprint density at radius 2 is 1.90 bits per heavy atom. The number of nitrogens with zero attached hydrogens (tertiary/aromatic N) is 3. The molecule has 0 aliphatic carbocycles. The third kappa shape index (κ3) is 4.87. The Morgan fingerprint density at radius 3 is 2.66 bits per heavy atom. The zero-order valence-electron chi connectivity index (χ0n) is 15.3. The van der Waals surface area contributed by atoms with Crippen molar-refractivity contribution in [3.05, 3.63) is 76.1 Å². The Bertz CT molecular complexity index is 1120. The van der Waals surface area contributed by atoms with Gasteiger partial charge in [0, 0.05) is 11.3 Å². The molecule has 0 saturated heterocycles. The molecule has 6 nitrogen and oxygen atoms in total. The second kappa shape index (κ2) is 8.54. The van der Waals surface area contributed by atoms with Gasteiger partial charge in [0.15, 0.2) is 5.76 Å². The van der Waals surface area contributed by atoms with E-state index in [-0.39, 0.29) is 11.7 Å². The Kier molecular flexibility index (Phi) is 5.68. The van der Waals surface area contributed by atoms with Crippen LogP contribution in [0.15, 0.2) is 64.4 Å². The van der Waals surface area contributed by atoms with Crippen molar-refractivity contribution in [2.24, 2.45) is 0 Å². The number of aromatic nitrogens is 3. The van der Waals surface area contributed by atoms with E-state index in [4.69, 9.17) is 4.42 Å². The highest BCUT2D eigenvalue weighted by atomic mass is 32.2. The smallest absolute Gasteiger partial charge is 0.286 e. The number of hydrogen-bond donors (Lipinski definition) is 1. The normalized spacial score (nSPS) is 10.8. The largest absolute Gasteiger partial charge is 0.431 e. The van der Waals surface area contributed by atoms with Crippen LogP contribution in [-0.2, 0) is 5.75 Å². The molecule has 0 atom stereocenters. The molecular weight excluding hydrogens is 411 g/mol. The summed E-state index contributed by atoms with van der Waals surface area (Å²) in [6, 6.07) is 13.5. The molecule has 0 aliphatic heterocycles. The fourth-order valence-electron chi connectivity index (χ4n) is 2.42. The molecule has 9 heteroatoms. The second-order valence-electron chi connectivity index (χ2n) is 6.11. The molecule has 1 N–H and O–H groups in total. The van der Waals surface area contributed by atoms with Crippen molar-refractivity contribution in [3.8, 4) is 11.3 Å². The molecule has 0 bridgehead atoms. The second-order valence-corrected chi connectivity index (χ2v) is 8.10. The Balaban J connectivity index is 1.35. The molecular formula is C20H15FN4O2S2. The molecule has 29 heavy (non-hydrogen) atoms. The van der Waals surface area contributed by atoms with Gasteiger partial charge < -0.3 is 9.73 Å². The molecule has 2 heterocycles. The van der Waals surface area contributed by atoms with Crippen molar-refractivity contribution in [1.29, 1.82) is 0 Å². The van der Waals surface area contributed by atoms with E-state index in [0.29, 0.717) is 32.4 Å². The molecule has 4 rings (SSSR count). The van der Waals surface area contributed by atoms with Gasteiger partial charge in [0.2, 0.25) is 5.01 Å². The zero-order valence-corrected chi connectivity index (χ0v) is 16.9. The zero-order chi connectivity index (χ0) is 20.2. The van der Waals surface area contributed by atoms with E-state index in [1.807, 2.05) is 31.2 Å². The number of aryl methyl sites for hydroxylation is 1. The summed E-state index contributed by atoms with van der Waals surface area (Å²) in [6.45, 7) is 1.98. The highest BCUT2D eigenvalue weighted by Gasteiger charge is 2.14.